The number of anilines is 1. The Hall–Kier alpha value is -1.51. The number of hydrogen-bond donors (Lipinski definition) is 2. The molecule has 2 aliphatic carbocycles. The van der Waals surface area contributed by atoms with Crippen LogP contribution < -0.4 is 10.6 Å². The van der Waals surface area contributed by atoms with Crippen LogP contribution in [0.25, 0.3) is 0 Å². The molecule has 21 heavy (non-hydrogen) atoms. The van der Waals surface area contributed by atoms with Crippen molar-refractivity contribution in [2.45, 2.75) is 46.0 Å². The van der Waals surface area contributed by atoms with Crippen LogP contribution in [0.4, 0.5) is 5.69 Å². The first-order valence-corrected chi connectivity index (χ1v) is 8.27. The second kappa shape index (κ2) is 5.70. The molecule has 0 radical (unpaired) electrons. The molecule has 3 heteroatoms. The molecule has 1 amide bonds. The second-order valence-corrected chi connectivity index (χ2v) is 6.78. The van der Waals surface area contributed by atoms with Crippen molar-refractivity contribution in [1.82, 2.24) is 5.32 Å². The molecule has 3 rings (SSSR count). The van der Waals surface area contributed by atoms with Crippen LogP contribution in [-0.2, 0) is 0 Å². The molecule has 2 fully saturated rings. The van der Waals surface area contributed by atoms with Crippen molar-refractivity contribution in [3.63, 3.8) is 0 Å². The molecular weight excluding hydrogens is 260 g/mol. The third-order valence-electron chi connectivity index (χ3n) is 4.99. The molecule has 0 unspecified atom stereocenters. The topological polar surface area (TPSA) is 41.1 Å². The predicted octanol–water partition coefficient (Wildman–Crippen LogP) is 3.74. The molecule has 0 atom stereocenters. The minimum atomic E-state index is 0.0760. The lowest BCUT2D eigenvalue weighted by atomic mass is 10.0. The molecule has 1 aromatic rings. The minimum Gasteiger partial charge on any atom is -0.385 e. The van der Waals surface area contributed by atoms with Crippen LogP contribution in [-0.4, -0.2) is 19.0 Å². The van der Waals surface area contributed by atoms with Gasteiger partial charge in [-0.25, -0.2) is 0 Å². The Balaban J connectivity index is 1.58. The molecule has 114 valence electrons. The third kappa shape index (κ3) is 3.22. The molecule has 2 aliphatic rings. The van der Waals surface area contributed by atoms with Gasteiger partial charge < -0.3 is 10.6 Å². The highest BCUT2D eigenvalue weighted by molar-refractivity contribution is 5.94. The monoisotopic (exact) mass is 286 g/mol. The SMILES string of the molecule is CCCNc1ccc(C(=O)NCC2(C3CC3)CC2)cc1C. The Labute approximate surface area is 127 Å². The summed E-state index contributed by atoms with van der Waals surface area (Å²) in [6, 6.07) is 5.94. The Morgan fingerprint density at radius 1 is 1.33 bits per heavy atom. The van der Waals surface area contributed by atoms with Gasteiger partial charge in [-0.05, 0) is 74.1 Å². The van der Waals surface area contributed by atoms with Gasteiger partial charge in [0.2, 0.25) is 0 Å². The van der Waals surface area contributed by atoms with Gasteiger partial charge >= 0.3 is 0 Å². The fourth-order valence-electron chi connectivity index (χ4n) is 3.21. The summed E-state index contributed by atoms with van der Waals surface area (Å²) >= 11 is 0. The van der Waals surface area contributed by atoms with E-state index in [1.807, 2.05) is 18.2 Å². The number of amides is 1. The summed E-state index contributed by atoms with van der Waals surface area (Å²) in [7, 11) is 0. The summed E-state index contributed by atoms with van der Waals surface area (Å²) in [5, 5.41) is 6.54. The highest BCUT2D eigenvalue weighted by Gasteiger charge is 2.53. The van der Waals surface area contributed by atoms with E-state index < -0.39 is 0 Å². The summed E-state index contributed by atoms with van der Waals surface area (Å²) in [5.41, 5.74) is 3.51. The Kier molecular flexibility index (Phi) is 3.92. The molecule has 2 saturated carbocycles. The molecular formula is C18H26N2O. The highest BCUT2D eigenvalue weighted by Crippen LogP contribution is 2.60. The maximum Gasteiger partial charge on any atom is 0.251 e. The molecule has 3 nitrogen and oxygen atoms in total. The second-order valence-electron chi connectivity index (χ2n) is 6.78. The van der Waals surface area contributed by atoms with E-state index in [0.29, 0.717) is 5.41 Å². The Morgan fingerprint density at radius 2 is 2.10 bits per heavy atom. The van der Waals surface area contributed by atoms with Gasteiger partial charge in [0.25, 0.3) is 5.91 Å². The van der Waals surface area contributed by atoms with Crippen LogP contribution >= 0.6 is 0 Å². The summed E-state index contributed by atoms with van der Waals surface area (Å²) in [6.07, 6.45) is 6.44. The Morgan fingerprint density at radius 3 is 2.67 bits per heavy atom. The van der Waals surface area contributed by atoms with Gasteiger partial charge in [-0.15, -0.1) is 0 Å². The molecule has 0 bridgehead atoms. The zero-order valence-electron chi connectivity index (χ0n) is 13.2. The first-order valence-electron chi connectivity index (χ1n) is 8.27. The molecule has 0 aliphatic heterocycles. The minimum absolute atomic E-state index is 0.0760. The van der Waals surface area contributed by atoms with Gasteiger partial charge in [-0.1, -0.05) is 6.92 Å². The molecule has 0 heterocycles. The fourth-order valence-corrected chi connectivity index (χ4v) is 3.21. The zero-order valence-corrected chi connectivity index (χ0v) is 13.2. The molecule has 1 aromatic carbocycles. The van der Waals surface area contributed by atoms with E-state index in [2.05, 4.69) is 24.5 Å². The van der Waals surface area contributed by atoms with Crippen molar-refractivity contribution in [3.05, 3.63) is 29.3 Å². The van der Waals surface area contributed by atoms with Crippen molar-refractivity contribution >= 4 is 11.6 Å². The average Bonchev–Trinajstić information content (AvgIpc) is 3.36. The van der Waals surface area contributed by atoms with Crippen molar-refractivity contribution in [3.8, 4) is 0 Å². The van der Waals surface area contributed by atoms with E-state index in [1.54, 1.807) is 0 Å². The summed E-state index contributed by atoms with van der Waals surface area (Å²) in [4.78, 5) is 12.3. The highest BCUT2D eigenvalue weighted by atomic mass is 16.1. The van der Waals surface area contributed by atoms with Crippen molar-refractivity contribution in [2.24, 2.45) is 11.3 Å². The van der Waals surface area contributed by atoms with Gasteiger partial charge in [-0.2, -0.15) is 0 Å². The number of benzene rings is 1. The first-order chi connectivity index (χ1) is 10.1. The molecule has 0 spiro atoms. The largest absolute Gasteiger partial charge is 0.385 e. The van der Waals surface area contributed by atoms with E-state index in [1.165, 1.54) is 25.7 Å². The first kappa shape index (κ1) is 14.4. The van der Waals surface area contributed by atoms with Gasteiger partial charge in [0.05, 0.1) is 0 Å². The van der Waals surface area contributed by atoms with Crippen LogP contribution in [0.3, 0.4) is 0 Å². The number of hydrogen-bond acceptors (Lipinski definition) is 2. The van der Waals surface area contributed by atoms with Gasteiger partial charge in [0.1, 0.15) is 0 Å². The normalized spacial score (nSPS) is 19.1. The van der Waals surface area contributed by atoms with E-state index >= 15 is 0 Å². The van der Waals surface area contributed by atoms with Crippen LogP contribution in [0.2, 0.25) is 0 Å². The lowest BCUT2D eigenvalue weighted by Gasteiger charge is -2.15. The van der Waals surface area contributed by atoms with E-state index in [4.69, 9.17) is 0 Å². The zero-order chi connectivity index (χ0) is 14.9. The lowest BCUT2D eigenvalue weighted by molar-refractivity contribution is 0.0942. The van der Waals surface area contributed by atoms with E-state index in [-0.39, 0.29) is 5.91 Å². The summed E-state index contributed by atoms with van der Waals surface area (Å²) in [5.74, 6) is 0.965. The quantitative estimate of drug-likeness (QED) is 0.801. The molecule has 0 saturated heterocycles. The maximum atomic E-state index is 12.3. The lowest BCUT2D eigenvalue weighted by Crippen LogP contribution is -2.31. The number of carbonyl (C=O) groups excluding carboxylic acids is 1. The predicted molar refractivity (Wildman–Crippen MR) is 86.7 cm³/mol. The van der Waals surface area contributed by atoms with E-state index in [0.717, 1.165) is 42.2 Å². The van der Waals surface area contributed by atoms with Crippen LogP contribution in [0, 0.1) is 18.3 Å². The number of rotatable bonds is 7. The summed E-state index contributed by atoms with van der Waals surface area (Å²) < 4.78 is 0. The van der Waals surface area contributed by atoms with Gasteiger partial charge in [0.15, 0.2) is 0 Å². The molecule has 2 N–H and O–H groups in total. The third-order valence-corrected chi connectivity index (χ3v) is 4.99. The fraction of sp³-hybridized carbons (Fsp3) is 0.611. The number of carbonyl (C=O) groups is 1. The van der Waals surface area contributed by atoms with E-state index in [9.17, 15) is 4.79 Å². The standard InChI is InChI=1S/C18H26N2O/c1-3-10-19-16-7-4-14(11-13(16)2)17(21)20-12-18(8-9-18)15-5-6-15/h4,7,11,15,19H,3,5-6,8-10,12H2,1-2H3,(H,20,21). The van der Waals surface area contributed by atoms with Crippen LogP contribution in [0.1, 0.15) is 54.9 Å². The average molecular weight is 286 g/mol. The number of nitrogens with one attached hydrogen (secondary N) is 2. The Bertz CT molecular complexity index is 530. The van der Waals surface area contributed by atoms with Crippen LogP contribution in [0.15, 0.2) is 18.2 Å². The van der Waals surface area contributed by atoms with Gasteiger partial charge in [0, 0.05) is 24.3 Å². The van der Waals surface area contributed by atoms with Crippen LogP contribution in [0.5, 0.6) is 0 Å². The van der Waals surface area contributed by atoms with Crippen molar-refractivity contribution in [1.29, 1.82) is 0 Å². The van der Waals surface area contributed by atoms with Crippen molar-refractivity contribution < 1.29 is 4.79 Å². The smallest absolute Gasteiger partial charge is 0.251 e. The number of aryl methyl sites for hydroxylation is 1. The van der Waals surface area contributed by atoms with Gasteiger partial charge in [-0.3, -0.25) is 4.79 Å². The maximum absolute atomic E-state index is 12.3. The summed E-state index contributed by atoms with van der Waals surface area (Å²) in [6.45, 7) is 6.04. The molecule has 0 aromatic heterocycles. The van der Waals surface area contributed by atoms with Crippen molar-refractivity contribution in [2.75, 3.05) is 18.4 Å².